The highest BCUT2D eigenvalue weighted by Gasteiger charge is 2.41. The minimum atomic E-state index is -0.925. The second-order valence-corrected chi connectivity index (χ2v) is 11.1. The van der Waals surface area contributed by atoms with Gasteiger partial charge in [-0.15, -0.1) is 11.8 Å². The van der Waals surface area contributed by atoms with Crippen LogP contribution in [0.25, 0.3) is 0 Å². The van der Waals surface area contributed by atoms with Gasteiger partial charge in [0.2, 0.25) is 0 Å². The van der Waals surface area contributed by atoms with Crippen molar-refractivity contribution in [3.63, 3.8) is 0 Å². The molecule has 0 unspecified atom stereocenters. The number of thioether (sulfide) groups is 1. The number of ether oxygens (including phenoxy) is 3. The number of esters is 1. The summed E-state index contributed by atoms with van der Waals surface area (Å²) in [6, 6.07) is 34.9. The van der Waals surface area contributed by atoms with Gasteiger partial charge in [0.25, 0.3) is 0 Å². The standard InChI is InChI=1S/C38H35NO4S/c1-41-34-22-20-30(21-23-34)27-42-37(40)36(26-29-18-24-35(25-19-29)43-28-44-2)39-38(31-12-6-3-7-13-31,32-14-8-4-9-15-32)33-16-10-5-11-17-33/h3-10,12-16,18-25,36,39H,26-28H2,1-2H3/t36-/m1/s1. The molecule has 222 valence electrons. The Kier molecular flexibility index (Phi) is 10.6. The lowest BCUT2D eigenvalue weighted by Crippen LogP contribution is -2.54. The van der Waals surface area contributed by atoms with Gasteiger partial charge in [-0.1, -0.05) is 102 Å². The van der Waals surface area contributed by atoms with Crippen LogP contribution in [0.5, 0.6) is 11.5 Å². The first-order valence-electron chi connectivity index (χ1n) is 14.4. The molecule has 6 heteroatoms. The van der Waals surface area contributed by atoms with Gasteiger partial charge in [-0.3, -0.25) is 10.1 Å². The molecule has 1 aliphatic carbocycles. The summed E-state index contributed by atoms with van der Waals surface area (Å²) in [6.45, 7) is 0.136. The number of nitrogens with one attached hydrogen (secondary N) is 1. The van der Waals surface area contributed by atoms with E-state index < -0.39 is 11.6 Å². The second kappa shape index (κ2) is 15.2. The van der Waals surface area contributed by atoms with Crippen LogP contribution >= 0.6 is 11.8 Å². The van der Waals surface area contributed by atoms with E-state index in [4.69, 9.17) is 14.2 Å². The summed E-state index contributed by atoms with van der Waals surface area (Å²) in [5.74, 6) is 1.74. The van der Waals surface area contributed by atoms with Gasteiger partial charge < -0.3 is 14.2 Å². The van der Waals surface area contributed by atoms with Crippen LogP contribution in [-0.4, -0.2) is 31.3 Å². The molecule has 5 nitrogen and oxygen atoms in total. The Bertz CT molecular complexity index is 1610. The molecule has 0 aliphatic heterocycles. The molecule has 1 aliphatic rings. The average molecular weight is 602 g/mol. The highest BCUT2D eigenvalue weighted by molar-refractivity contribution is 7.98. The van der Waals surface area contributed by atoms with E-state index in [2.05, 4.69) is 41.0 Å². The molecule has 0 fully saturated rings. The van der Waals surface area contributed by atoms with Gasteiger partial charge in [0.15, 0.2) is 0 Å². The molecule has 0 spiro atoms. The number of methoxy groups -OCH3 is 1. The molecular weight excluding hydrogens is 566 g/mol. The quantitative estimate of drug-likeness (QED) is 0.0924. The molecule has 0 radical (unpaired) electrons. The van der Waals surface area contributed by atoms with E-state index in [0.717, 1.165) is 39.3 Å². The van der Waals surface area contributed by atoms with E-state index in [9.17, 15) is 4.79 Å². The maximum absolute atomic E-state index is 14.1. The monoisotopic (exact) mass is 601 g/mol. The van der Waals surface area contributed by atoms with Crippen LogP contribution < -0.4 is 14.8 Å². The van der Waals surface area contributed by atoms with Crippen molar-refractivity contribution in [2.45, 2.75) is 24.6 Å². The van der Waals surface area contributed by atoms with Crippen LogP contribution in [0.1, 0.15) is 22.3 Å². The van der Waals surface area contributed by atoms with Crippen molar-refractivity contribution in [2.24, 2.45) is 0 Å². The lowest BCUT2D eigenvalue weighted by Gasteiger charge is -2.39. The molecule has 4 aromatic carbocycles. The molecule has 1 atom stereocenters. The van der Waals surface area contributed by atoms with Crippen molar-refractivity contribution in [3.05, 3.63) is 167 Å². The molecular formula is C38H35NO4S. The first-order valence-corrected chi connectivity index (χ1v) is 15.8. The molecule has 0 heterocycles. The molecule has 5 rings (SSSR count). The number of hydrogen-bond acceptors (Lipinski definition) is 6. The largest absolute Gasteiger partial charge is 0.497 e. The molecule has 4 aromatic rings. The lowest BCUT2D eigenvalue weighted by atomic mass is 9.75. The number of hydrogen-bond donors (Lipinski definition) is 1. The van der Waals surface area contributed by atoms with Crippen LogP contribution in [-0.2, 0) is 28.1 Å². The Morgan fingerprint density at radius 1 is 0.841 bits per heavy atom. The van der Waals surface area contributed by atoms with Gasteiger partial charge in [0.05, 0.1) is 7.11 Å². The van der Waals surface area contributed by atoms with E-state index in [-0.39, 0.29) is 12.6 Å². The fraction of sp³-hybridized carbons (Fsp3) is 0.184. The SMILES string of the molecule is COc1ccc(COC(=O)[C@@H](Cc2ccc(OCSC)cc2)NC(C2=C=C=CC=C2)(c2ccccc2)c2ccccc2)cc1. The topological polar surface area (TPSA) is 56.8 Å². The van der Waals surface area contributed by atoms with Crippen molar-refractivity contribution in [2.75, 3.05) is 19.3 Å². The number of carbonyl (C=O) groups excluding carboxylic acids is 1. The summed E-state index contributed by atoms with van der Waals surface area (Å²) in [7, 11) is 1.63. The van der Waals surface area contributed by atoms with E-state index in [1.54, 1.807) is 18.9 Å². The Hall–Kier alpha value is -4.70. The van der Waals surface area contributed by atoms with Crippen molar-refractivity contribution in [1.29, 1.82) is 0 Å². The highest BCUT2D eigenvalue weighted by atomic mass is 32.2. The lowest BCUT2D eigenvalue weighted by molar-refractivity contribution is -0.148. The van der Waals surface area contributed by atoms with Crippen LogP contribution in [0, 0.1) is 0 Å². The fourth-order valence-electron chi connectivity index (χ4n) is 5.19. The normalized spacial score (nSPS) is 12.8. The fourth-order valence-corrected chi connectivity index (χ4v) is 5.44. The Morgan fingerprint density at radius 2 is 1.45 bits per heavy atom. The van der Waals surface area contributed by atoms with Crippen molar-refractivity contribution >= 4 is 17.7 Å². The predicted molar refractivity (Wildman–Crippen MR) is 177 cm³/mol. The summed E-state index contributed by atoms with van der Waals surface area (Å²) in [5.41, 5.74) is 10.2. The van der Waals surface area contributed by atoms with E-state index in [1.807, 2.05) is 109 Å². The van der Waals surface area contributed by atoms with Crippen LogP contribution in [0.3, 0.4) is 0 Å². The third-order valence-electron chi connectivity index (χ3n) is 7.39. The third kappa shape index (κ3) is 7.44. The molecule has 0 aromatic heterocycles. The van der Waals surface area contributed by atoms with Gasteiger partial charge >= 0.3 is 5.97 Å². The summed E-state index contributed by atoms with van der Waals surface area (Å²) >= 11 is 1.61. The van der Waals surface area contributed by atoms with Gasteiger partial charge in [0, 0.05) is 5.57 Å². The smallest absolute Gasteiger partial charge is 0.323 e. The molecule has 0 saturated carbocycles. The molecule has 44 heavy (non-hydrogen) atoms. The first-order chi connectivity index (χ1) is 21.6. The maximum atomic E-state index is 14.1. The number of allylic oxidation sites excluding steroid dienone is 2. The van der Waals surface area contributed by atoms with Gasteiger partial charge in [-0.2, -0.15) is 0 Å². The third-order valence-corrected chi connectivity index (χ3v) is 7.74. The Labute approximate surface area is 263 Å². The molecule has 0 saturated heterocycles. The number of benzene rings is 4. The van der Waals surface area contributed by atoms with Gasteiger partial charge in [-0.05, 0) is 71.3 Å². The molecule has 0 bridgehead atoms. The summed E-state index contributed by atoms with van der Waals surface area (Å²) < 4.78 is 17.0. The average Bonchev–Trinajstić information content (AvgIpc) is 3.10. The van der Waals surface area contributed by atoms with E-state index in [0.29, 0.717) is 12.4 Å². The summed E-state index contributed by atoms with van der Waals surface area (Å²) in [6.07, 6.45) is 8.17. The van der Waals surface area contributed by atoms with Crippen LogP contribution in [0.15, 0.2) is 144 Å². The van der Waals surface area contributed by atoms with E-state index in [1.165, 1.54) is 0 Å². The predicted octanol–water partition coefficient (Wildman–Crippen LogP) is 7.39. The van der Waals surface area contributed by atoms with Crippen molar-refractivity contribution in [1.82, 2.24) is 5.32 Å². The van der Waals surface area contributed by atoms with Crippen LogP contribution in [0.2, 0.25) is 0 Å². The highest BCUT2D eigenvalue weighted by Crippen LogP contribution is 2.38. The zero-order chi connectivity index (χ0) is 30.6. The maximum Gasteiger partial charge on any atom is 0.323 e. The number of carbonyl (C=O) groups is 1. The van der Waals surface area contributed by atoms with Gasteiger partial charge in [0.1, 0.15) is 35.6 Å². The van der Waals surface area contributed by atoms with E-state index >= 15 is 0 Å². The Morgan fingerprint density at radius 3 is 2.02 bits per heavy atom. The zero-order valence-electron chi connectivity index (χ0n) is 24.9. The first kappa shape index (κ1) is 30.7. The number of rotatable bonds is 14. The van der Waals surface area contributed by atoms with Gasteiger partial charge in [-0.25, -0.2) is 0 Å². The summed E-state index contributed by atoms with van der Waals surface area (Å²) in [4.78, 5) is 14.1. The molecule has 0 amide bonds. The minimum Gasteiger partial charge on any atom is -0.497 e. The molecule has 1 N–H and O–H groups in total. The van der Waals surface area contributed by atoms with Crippen molar-refractivity contribution in [3.8, 4) is 11.5 Å². The van der Waals surface area contributed by atoms with Crippen LogP contribution in [0.4, 0.5) is 0 Å². The summed E-state index contributed by atoms with van der Waals surface area (Å²) in [5, 5.41) is 3.79. The Balaban J connectivity index is 1.55. The minimum absolute atomic E-state index is 0.136. The van der Waals surface area contributed by atoms with Crippen molar-refractivity contribution < 1.29 is 19.0 Å². The zero-order valence-corrected chi connectivity index (χ0v) is 25.7. The second-order valence-electron chi connectivity index (χ2n) is 10.2.